The lowest BCUT2D eigenvalue weighted by Gasteiger charge is -2.26. The molecule has 60 valence electrons. The predicted molar refractivity (Wildman–Crippen MR) is 38.4 cm³/mol. The summed E-state index contributed by atoms with van der Waals surface area (Å²) in [6.45, 7) is 1.69. The van der Waals surface area contributed by atoms with Gasteiger partial charge in [0, 0.05) is 0 Å². The molecular formula is C6H12O3S. The quantitative estimate of drug-likeness (QED) is 0.615. The van der Waals surface area contributed by atoms with E-state index >= 15 is 0 Å². The summed E-state index contributed by atoms with van der Waals surface area (Å²) >= 11 is 0. The lowest BCUT2D eigenvalue weighted by molar-refractivity contribution is 0.166. The molecule has 4 heteroatoms. The van der Waals surface area contributed by atoms with Crippen molar-refractivity contribution in [3.8, 4) is 0 Å². The van der Waals surface area contributed by atoms with E-state index in [9.17, 15) is 8.42 Å². The Morgan fingerprint density at radius 3 is 2.40 bits per heavy atom. The fourth-order valence-electron chi connectivity index (χ4n) is 1.29. The van der Waals surface area contributed by atoms with Crippen LogP contribution >= 0.6 is 0 Å². The molecule has 10 heavy (non-hydrogen) atoms. The van der Waals surface area contributed by atoms with Gasteiger partial charge in [0.15, 0.2) is 9.84 Å². The van der Waals surface area contributed by atoms with Gasteiger partial charge in [0.25, 0.3) is 0 Å². The molecule has 3 nitrogen and oxygen atoms in total. The number of hydrogen-bond acceptors (Lipinski definition) is 3. The van der Waals surface area contributed by atoms with Crippen LogP contribution in [0.1, 0.15) is 13.3 Å². The second-order valence-electron chi connectivity index (χ2n) is 3.03. The van der Waals surface area contributed by atoms with Gasteiger partial charge in [-0.1, -0.05) is 0 Å². The fourth-order valence-corrected chi connectivity index (χ4v) is 2.90. The van der Waals surface area contributed by atoms with Gasteiger partial charge >= 0.3 is 0 Å². The second-order valence-corrected chi connectivity index (χ2v) is 5.18. The Hall–Kier alpha value is -0.0900. The minimum Gasteiger partial charge on any atom is -0.393 e. The minimum atomic E-state index is -2.69. The van der Waals surface area contributed by atoms with Crippen molar-refractivity contribution in [3.63, 3.8) is 0 Å². The van der Waals surface area contributed by atoms with Gasteiger partial charge in [-0.3, -0.25) is 0 Å². The molecule has 0 aliphatic carbocycles. The second kappa shape index (κ2) is 2.51. The lowest BCUT2D eigenvalue weighted by Crippen LogP contribution is -2.37. The SMILES string of the molecule is CC(O)CC1CS(=O)(=O)C1. The predicted octanol–water partition coefficient (Wildman–Crippen LogP) is -0.198. The van der Waals surface area contributed by atoms with Gasteiger partial charge in [-0.2, -0.15) is 0 Å². The van der Waals surface area contributed by atoms with E-state index in [0.29, 0.717) is 6.42 Å². The summed E-state index contributed by atoms with van der Waals surface area (Å²) in [5.74, 6) is 0.764. The highest BCUT2D eigenvalue weighted by Gasteiger charge is 2.33. The molecular weight excluding hydrogens is 152 g/mol. The van der Waals surface area contributed by atoms with Crippen LogP contribution < -0.4 is 0 Å². The molecule has 0 spiro atoms. The number of hydrogen-bond donors (Lipinski definition) is 1. The first-order valence-electron chi connectivity index (χ1n) is 3.38. The number of aliphatic hydroxyl groups excluding tert-OH is 1. The third-order valence-electron chi connectivity index (χ3n) is 1.65. The van der Waals surface area contributed by atoms with Crippen LogP contribution in [-0.2, 0) is 9.84 Å². The zero-order valence-electron chi connectivity index (χ0n) is 5.95. The Kier molecular flexibility index (Phi) is 2.01. The van der Waals surface area contributed by atoms with E-state index in [1.807, 2.05) is 0 Å². The van der Waals surface area contributed by atoms with Crippen LogP contribution in [0.3, 0.4) is 0 Å². The number of sulfone groups is 1. The van der Waals surface area contributed by atoms with Crippen LogP contribution in [0, 0.1) is 5.92 Å². The topological polar surface area (TPSA) is 54.4 Å². The van der Waals surface area contributed by atoms with Crippen molar-refractivity contribution < 1.29 is 13.5 Å². The van der Waals surface area contributed by atoms with Crippen LogP contribution in [0.2, 0.25) is 0 Å². The van der Waals surface area contributed by atoms with Gasteiger partial charge in [0.1, 0.15) is 0 Å². The molecule has 1 N–H and O–H groups in total. The van der Waals surface area contributed by atoms with E-state index in [-0.39, 0.29) is 23.5 Å². The van der Waals surface area contributed by atoms with E-state index in [4.69, 9.17) is 5.11 Å². The Labute approximate surface area is 61.0 Å². The summed E-state index contributed by atoms with van der Waals surface area (Å²) in [5.41, 5.74) is 0. The molecule has 1 rings (SSSR count). The van der Waals surface area contributed by atoms with Crippen LogP contribution in [0.4, 0.5) is 0 Å². The first-order valence-corrected chi connectivity index (χ1v) is 5.20. The standard InChI is InChI=1S/C6H12O3S/c1-5(7)2-6-3-10(8,9)4-6/h5-7H,2-4H2,1H3. The molecule has 0 amide bonds. The molecule has 1 aliphatic rings. The Morgan fingerprint density at radius 2 is 2.10 bits per heavy atom. The number of aliphatic hydroxyl groups is 1. The smallest absolute Gasteiger partial charge is 0.150 e. The summed E-state index contributed by atoms with van der Waals surface area (Å²) in [4.78, 5) is 0. The van der Waals surface area contributed by atoms with Crippen LogP contribution in [0.25, 0.3) is 0 Å². The molecule has 1 heterocycles. The highest BCUT2D eigenvalue weighted by atomic mass is 32.2. The summed E-state index contributed by atoms with van der Waals surface area (Å²) in [6.07, 6.45) is 0.264. The zero-order chi connectivity index (χ0) is 7.78. The van der Waals surface area contributed by atoms with Crippen molar-refractivity contribution >= 4 is 9.84 Å². The van der Waals surface area contributed by atoms with E-state index < -0.39 is 9.84 Å². The first-order chi connectivity index (χ1) is 4.49. The van der Waals surface area contributed by atoms with Gasteiger partial charge in [-0.25, -0.2) is 8.42 Å². The molecule has 1 fully saturated rings. The molecule has 1 unspecified atom stereocenters. The third kappa shape index (κ3) is 1.95. The molecule has 1 aliphatic heterocycles. The maximum Gasteiger partial charge on any atom is 0.150 e. The average Bonchev–Trinajstić information content (AvgIpc) is 1.57. The van der Waals surface area contributed by atoms with Crippen molar-refractivity contribution in [2.24, 2.45) is 5.92 Å². The van der Waals surface area contributed by atoms with Gasteiger partial charge in [0.05, 0.1) is 17.6 Å². The van der Waals surface area contributed by atoms with E-state index in [1.165, 1.54) is 0 Å². The fraction of sp³-hybridized carbons (Fsp3) is 1.00. The summed E-state index contributed by atoms with van der Waals surface area (Å²) in [6, 6.07) is 0. The van der Waals surface area contributed by atoms with Gasteiger partial charge in [0.2, 0.25) is 0 Å². The maximum absolute atomic E-state index is 10.6. The summed E-state index contributed by atoms with van der Waals surface area (Å²) in [5, 5.41) is 8.86. The highest BCUT2D eigenvalue weighted by molar-refractivity contribution is 7.92. The molecule has 1 atom stereocenters. The monoisotopic (exact) mass is 164 g/mol. The van der Waals surface area contributed by atoms with Crippen LogP contribution in [-0.4, -0.2) is 31.1 Å². The molecule has 1 saturated heterocycles. The number of rotatable bonds is 2. The van der Waals surface area contributed by atoms with Crippen molar-refractivity contribution in [2.45, 2.75) is 19.4 Å². The molecule has 0 bridgehead atoms. The highest BCUT2D eigenvalue weighted by Crippen LogP contribution is 2.22. The zero-order valence-corrected chi connectivity index (χ0v) is 6.76. The molecule has 0 saturated carbocycles. The van der Waals surface area contributed by atoms with Gasteiger partial charge in [-0.05, 0) is 19.3 Å². The third-order valence-corrected chi connectivity index (χ3v) is 3.61. The van der Waals surface area contributed by atoms with E-state index in [0.717, 1.165) is 0 Å². The maximum atomic E-state index is 10.6. The molecule has 0 aromatic carbocycles. The van der Waals surface area contributed by atoms with Gasteiger partial charge < -0.3 is 5.11 Å². The first kappa shape index (κ1) is 8.01. The summed E-state index contributed by atoms with van der Waals surface area (Å²) in [7, 11) is -2.69. The molecule has 0 radical (unpaired) electrons. The Bertz CT molecular complexity index is 193. The average molecular weight is 164 g/mol. The molecule has 0 aromatic heterocycles. The van der Waals surface area contributed by atoms with Gasteiger partial charge in [-0.15, -0.1) is 0 Å². The van der Waals surface area contributed by atoms with Crippen LogP contribution in [0.15, 0.2) is 0 Å². The Morgan fingerprint density at radius 1 is 1.60 bits per heavy atom. The Balaban J connectivity index is 2.27. The van der Waals surface area contributed by atoms with Crippen molar-refractivity contribution in [1.29, 1.82) is 0 Å². The molecule has 0 aromatic rings. The van der Waals surface area contributed by atoms with Crippen molar-refractivity contribution in [1.82, 2.24) is 0 Å². The van der Waals surface area contributed by atoms with E-state index in [1.54, 1.807) is 6.92 Å². The van der Waals surface area contributed by atoms with E-state index in [2.05, 4.69) is 0 Å². The normalized spacial score (nSPS) is 27.4. The lowest BCUT2D eigenvalue weighted by atomic mass is 10.1. The van der Waals surface area contributed by atoms with Crippen molar-refractivity contribution in [2.75, 3.05) is 11.5 Å². The van der Waals surface area contributed by atoms with Crippen molar-refractivity contribution in [3.05, 3.63) is 0 Å². The summed E-state index contributed by atoms with van der Waals surface area (Å²) < 4.78 is 21.2. The largest absolute Gasteiger partial charge is 0.393 e. The van der Waals surface area contributed by atoms with Crippen LogP contribution in [0.5, 0.6) is 0 Å². The minimum absolute atomic E-state index is 0.213.